The van der Waals surface area contributed by atoms with Crippen LogP contribution < -0.4 is 0 Å². The molecule has 0 bridgehead atoms. The Morgan fingerprint density at radius 1 is 1.35 bits per heavy atom. The predicted octanol–water partition coefficient (Wildman–Crippen LogP) is 1.16. The van der Waals surface area contributed by atoms with Crippen molar-refractivity contribution >= 4 is 5.91 Å². The highest BCUT2D eigenvalue weighted by atomic mass is 16.2. The largest absolute Gasteiger partial charge is 0.275 e. The third-order valence-corrected chi connectivity index (χ3v) is 3.66. The second kappa shape index (κ2) is 7.94. The zero-order valence-electron chi connectivity index (χ0n) is 12.2. The number of hydrogen-bond donors (Lipinski definition) is 1. The topological polar surface area (TPSA) is 78.0 Å². The van der Waals surface area contributed by atoms with Crippen LogP contribution in [0.25, 0.3) is 0 Å². The second-order valence-corrected chi connectivity index (χ2v) is 5.23. The summed E-state index contributed by atoms with van der Waals surface area (Å²) in [4.78, 5) is 12.4. The van der Waals surface area contributed by atoms with Crippen LogP contribution in [0.15, 0.2) is 0 Å². The fourth-order valence-electron chi connectivity index (χ4n) is 2.50. The first kappa shape index (κ1) is 14.9. The quantitative estimate of drug-likeness (QED) is 0.811. The smallest absolute Gasteiger partial charge is 0.236 e. The highest BCUT2D eigenvalue weighted by molar-refractivity contribution is 5.75. The number of tetrazole rings is 1. The predicted molar refractivity (Wildman–Crippen MR) is 74.5 cm³/mol. The van der Waals surface area contributed by atoms with Gasteiger partial charge in [0.2, 0.25) is 5.91 Å². The van der Waals surface area contributed by atoms with Gasteiger partial charge >= 0.3 is 0 Å². The minimum absolute atomic E-state index is 0.223. The van der Waals surface area contributed by atoms with Gasteiger partial charge in [0.25, 0.3) is 0 Å². The van der Waals surface area contributed by atoms with E-state index in [-0.39, 0.29) is 5.91 Å². The maximum Gasteiger partial charge on any atom is 0.236 e. The van der Waals surface area contributed by atoms with Gasteiger partial charge in [0.1, 0.15) is 5.82 Å². The fourth-order valence-corrected chi connectivity index (χ4v) is 2.50. The molecule has 0 spiro atoms. The molecule has 1 aliphatic heterocycles. The number of unbranched alkanes of at least 4 members (excludes halogenated alkanes) is 1. The maximum absolute atomic E-state index is 12.4. The van der Waals surface area contributed by atoms with E-state index in [1.54, 1.807) is 0 Å². The summed E-state index contributed by atoms with van der Waals surface area (Å²) < 4.78 is 0. The number of amides is 1. The van der Waals surface area contributed by atoms with Gasteiger partial charge in [0, 0.05) is 32.5 Å². The number of aromatic amines is 1. The number of nitrogens with one attached hydrogen (secondary N) is 1. The lowest BCUT2D eigenvalue weighted by molar-refractivity contribution is -0.151. The Morgan fingerprint density at radius 3 is 2.80 bits per heavy atom. The second-order valence-electron chi connectivity index (χ2n) is 5.23. The molecule has 2 heterocycles. The van der Waals surface area contributed by atoms with Crippen LogP contribution in [0.2, 0.25) is 0 Å². The van der Waals surface area contributed by atoms with Crippen molar-refractivity contribution in [2.45, 2.75) is 51.9 Å². The third kappa shape index (κ3) is 4.26. The summed E-state index contributed by atoms with van der Waals surface area (Å²) >= 11 is 0. The van der Waals surface area contributed by atoms with E-state index < -0.39 is 0 Å². The van der Waals surface area contributed by atoms with Gasteiger partial charge in [-0.15, -0.1) is 5.10 Å². The Kier molecular flexibility index (Phi) is 5.91. The van der Waals surface area contributed by atoms with Crippen molar-refractivity contribution in [1.82, 2.24) is 30.6 Å². The number of hydrazine groups is 1. The Balaban J connectivity index is 1.92. The summed E-state index contributed by atoms with van der Waals surface area (Å²) in [6.45, 7) is 4.72. The van der Waals surface area contributed by atoms with Crippen LogP contribution in [0.3, 0.4) is 0 Å². The first-order valence-corrected chi connectivity index (χ1v) is 7.59. The third-order valence-electron chi connectivity index (χ3n) is 3.66. The molecule has 0 aliphatic carbocycles. The van der Waals surface area contributed by atoms with Crippen molar-refractivity contribution in [2.24, 2.45) is 0 Å². The molecule has 0 radical (unpaired) electrons. The molecule has 112 valence electrons. The minimum atomic E-state index is 0.223. The van der Waals surface area contributed by atoms with Gasteiger partial charge in [0.15, 0.2) is 0 Å². The molecular formula is C13H24N6O. The molecular weight excluding hydrogens is 256 g/mol. The lowest BCUT2D eigenvalue weighted by Crippen LogP contribution is -2.49. The Bertz CT molecular complexity index is 388. The standard InChI is InChI=1S/C13H24N6O/c1-2-3-7-13(20)19(18-9-5-4-6-10-18)11-8-12-14-16-17-15-12/h2-11H2,1H3,(H,14,15,16,17). The van der Waals surface area contributed by atoms with Crippen molar-refractivity contribution in [2.75, 3.05) is 19.6 Å². The molecule has 20 heavy (non-hydrogen) atoms. The molecule has 0 aromatic carbocycles. The van der Waals surface area contributed by atoms with Crippen molar-refractivity contribution in [3.63, 3.8) is 0 Å². The highest BCUT2D eigenvalue weighted by Gasteiger charge is 2.22. The van der Waals surface area contributed by atoms with Crippen LogP contribution >= 0.6 is 0 Å². The molecule has 7 nitrogen and oxygen atoms in total. The van der Waals surface area contributed by atoms with Crippen molar-refractivity contribution in [1.29, 1.82) is 0 Å². The number of aromatic nitrogens is 4. The molecule has 1 aromatic rings. The van der Waals surface area contributed by atoms with E-state index in [1.165, 1.54) is 19.3 Å². The molecule has 1 aliphatic rings. The summed E-state index contributed by atoms with van der Waals surface area (Å²) in [5.74, 6) is 0.955. The van der Waals surface area contributed by atoms with E-state index in [2.05, 4.69) is 32.6 Å². The number of carbonyl (C=O) groups excluding carboxylic acids is 1. The van der Waals surface area contributed by atoms with E-state index in [4.69, 9.17) is 0 Å². The fraction of sp³-hybridized carbons (Fsp3) is 0.846. The number of carbonyl (C=O) groups is 1. The van der Waals surface area contributed by atoms with Crippen LogP contribution in [0.5, 0.6) is 0 Å². The normalized spacial score (nSPS) is 16.2. The zero-order chi connectivity index (χ0) is 14.2. The summed E-state index contributed by atoms with van der Waals surface area (Å²) in [7, 11) is 0. The average molecular weight is 280 g/mol. The summed E-state index contributed by atoms with van der Waals surface area (Å²) in [5.41, 5.74) is 0. The van der Waals surface area contributed by atoms with Gasteiger partial charge < -0.3 is 0 Å². The van der Waals surface area contributed by atoms with Gasteiger partial charge in [0.05, 0.1) is 0 Å². The van der Waals surface area contributed by atoms with Crippen LogP contribution in [0.1, 0.15) is 51.3 Å². The van der Waals surface area contributed by atoms with Gasteiger partial charge in [-0.1, -0.05) is 19.8 Å². The summed E-state index contributed by atoms with van der Waals surface area (Å²) in [5, 5.41) is 17.9. The van der Waals surface area contributed by atoms with Crippen molar-refractivity contribution in [3.8, 4) is 0 Å². The molecule has 0 unspecified atom stereocenters. The summed E-state index contributed by atoms with van der Waals surface area (Å²) in [6.07, 6.45) is 6.89. The number of H-pyrrole nitrogens is 1. The van der Waals surface area contributed by atoms with Crippen LogP contribution in [-0.4, -0.2) is 56.2 Å². The van der Waals surface area contributed by atoms with Gasteiger partial charge in [-0.3, -0.25) is 9.80 Å². The highest BCUT2D eigenvalue weighted by Crippen LogP contribution is 2.14. The first-order valence-electron chi connectivity index (χ1n) is 7.59. The molecule has 0 saturated carbocycles. The van der Waals surface area contributed by atoms with E-state index >= 15 is 0 Å². The van der Waals surface area contributed by atoms with Crippen LogP contribution in [0.4, 0.5) is 0 Å². The molecule has 1 fully saturated rings. The van der Waals surface area contributed by atoms with E-state index in [0.29, 0.717) is 19.4 Å². The van der Waals surface area contributed by atoms with Crippen LogP contribution in [-0.2, 0) is 11.2 Å². The lowest BCUT2D eigenvalue weighted by atomic mass is 10.1. The molecule has 1 aromatic heterocycles. The van der Waals surface area contributed by atoms with E-state index in [0.717, 1.165) is 31.8 Å². The number of rotatable bonds is 7. The SMILES string of the molecule is CCCCC(=O)N(CCc1nnn[nH]1)N1CCCCC1. The van der Waals surface area contributed by atoms with E-state index in [1.807, 2.05) is 5.01 Å². The summed E-state index contributed by atoms with van der Waals surface area (Å²) in [6, 6.07) is 0. The zero-order valence-corrected chi connectivity index (χ0v) is 12.2. The number of hydrogen-bond acceptors (Lipinski definition) is 5. The van der Waals surface area contributed by atoms with Crippen LogP contribution in [0, 0.1) is 0 Å². The first-order chi connectivity index (χ1) is 9.81. The molecule has 1 N–H and O–H groups in total. The average Bonchev–Trinajstić information content (AvgIpc) is 3.00. The van der Waals surface area contributed by atoms with Crippen molar-refractivity contribution < 1.29 is 4.79 Å². The molecule has 7 heteroatoms. The van der Waals surface area contributed by atoms with Crippen molar-refractivity contribution in [3.05, 3.63) is 5.82 Å². The molecule has 1 saturated heterocycles. The Morgan fingerprint density at radius 2 is 2.15 bits per heavy atom. The monoisotopic (exact) mass is 280 g/mol. The van der Waals surface area contributed by atoms with E-state index in [9.17, 15) is 4.79 Å². The Hall–Kier alpha value is -1.50. The van der Waals surface area contributed by atoms with Gasteiger partial charge in [-0.05, 0) is 29.7 Å². The lowest BCUT2D eigenvalue weighted by Gasteiger charge is -2.37. The van der Waals surface area contributed by atoms with Gasteiger partial charge in [-0.25, -0.2) is 10.1 Å². The molecule has 2 rings (SSSR count). The minimum Gasteiger partial charge on any atom is -0.275 e. The maximum atomic E-state index is 12.4. The number of nitrogens with zero attached hydrogens (tertiary/aromatic N) is 5. The van der Waals surface area contributed by atoms with Gasteiger partial charge in [-0.2, -0.15) is 0 Å². The number of piperidine rings is 1. The molecule has 0 atom stereocenters. The molecule has 1 amide bonds. The Labute approximate surface area is 119 Å².